The predicted molar refractivity (Wildman–Crippen MR) is 109 cm³/mol. The van der Waals surface area contributed by atoms with E-state index < -0.39 is 0 Å². The zero-order valence-electron chi connectivity index (χ0n) is 13.7. The third-order valence-electron chi connectivity index (χ3n) is 3.54. The number of ether oxygens (including phenoxy) is 1. The third-order valence-corrected chi connectivity index (χ3v) is 4.02. The van der Waals surface area contributed by atoms with Gasteiger partial charge in [0.25, 0.3) is 0 Å². The lowest BCUT2D eigenvalue weighted by Gasteiger charge is -2.09. The van der Waals surface area contributed by atoms with E-state index in [1.165, 1.54) is 19.0 Å². The minimum atomic E-state index is -0.0632. The van der Waals surface area contributed by atoms with E-state index in [0.717, 1.165) is 12.5 Å². The van der Waals surface area contributed by atoms with Crippen molar-refractivity contribution in [1.29, 1.82) is 0 Å². The highest BCUT2D eigenvalue weighted by Gasteiger charge is 2.20. The Bertz CT molecular complexity index is 724. The molecule has 2 aromatic rings. The van der Waals surface area contributed by atoms with Gasteiger partial charge in [-0.2, -0.15) is 0 Å². The number of nitrogens with zero attached hydrogens (tertiary/aromatic N) is 1. The van der Waals surface area contributed by atoms with E-state index in [4.69, 9.17) is 27.9 Å². The van der Waals surface area contributed by atoms with Crippen LogP contribution in [-0.4, -0.2) is 24.0 Å². The lowest BCUT2D eigenvalue weighted by molar-refractivity contribution is -0.115. The smallest absolute Gasteiger partial charge is 0.238 e. The van der Waals surface area contributed by atoms with Crippen LogP contribution in [0.3, 0.4) is 0 Å². The molecule has 1 aliphatic rings. The van der Waals surface area contributed by atoms with Crippen molar-refractivity contribution in [3.63, 3.8) is 0 Å². The fraction of sp³-hybridized carbons (Fsp3) is 0.294. The second kappa shape index (κ2) is 10.8. The molecule has 0 aliphatic heterocycles. The number of pyridine rings is 1. The van der Waals surface area contributed by atoms with Crippen LogP contribution < -0.4 is 15.4 Å². The molecule has 1 saturated carbocycles. The average Bonchev–Trinajstić information content (AvgIpc) is 3.36. The van der Waals surface area contributed by atoms with Gasteiger partial charge in [-0.25, -0.2) is 4.98 Å². The first-order chi connectivity index (χ1) is 11.6. The van der Waals surface area contributed by atoms with Crippen LogP contribution in [0, 0.1) is 5.92 Å². The molecule has 9 heteroatoms. The van der Waals surface area contributed by atoms with Crippen molar-refractivity contribution in [3.8, 4) is 11.6 Å². The first-order valence-corrected chi connectivity index (χ1v) is 8.45. The van der Waals surface area contributed by atoms with Gasteiger partial charge in [-0.3, -0.25) is 4.79 Å². The summed E-state index contributed by atoms with van der Waals surface area (Å²) in [4.78, 5) is 15.9. The van der Waals surface area contributed by atoms with Gasteiger partial charge in [-0.15, -0.1) is 24.8 Å². The molecule has 142 valence electrons. The number of hydrogen-bond acceptors (Lipinski definition) is 4. The highest BCUT2D eigenvalue weighted by molar-refractivity contribution is 6.35. The minimum Gasteiger partial charge on any atom is -0.438 e. The number of carbonyl (C=O) groups excluding carboxylic acids is 1. The summed E-state index contributed by atoms with van der Waals surface area (Å²) in [6.07, 6.45) is 4.00. The molecule has 0 saturated heterocycles. The van der Waals surface area contributed by atoms with E-state index in [1.807, 2.05) is 0 Å². The number of carbonyl (C=O) groups is 1. The van der Waals surface area contributed by atoms with Gasteiger partial charge in [0.2, 0.25) is 11.8 Å². The van der Waals surface area contributed by atoms with Crippen LogP contribution in [0.2, 0.25) is 10.0 Å². The molecule has 1 amide bonds. The first-order valence-electron chi connectivity index (χ1n) is 7.69. The van der Waals surface area contributed by atoms with Gasteiger partial charge in [0, 0.05) is 11.9 Å². The molecule has 1 fully saturated rings. The summed E-state index contributed by atoms with van der Waals surface area (Å²) in [6, 6.07) is 8.56. The molecule has 0 atom stereocenters. The van der Waals surface area contributed by atoms with Crippen molar-refractivity contribution in [2.45, 2.75) is 12.8 Å². The van der Waals surface area contributed by atoms with E-state index in [9.17, 15) is 4.79 Å². The standard InChI is InChI=1S/C17H17Cl2N3O2.2ClH/c18-12-7-15(19)17(21-9-12)24-14-5-3-13(4-6-14)22-16(23)10-20-8-11-1-2-11;;/h3-7,9,11,20H,1-2,8,10H2,(H,22,23);2*1H. The average molecular weight is 439 g/mol. The second-order valence-electron chi connectivity index (χ2n) is 5.69. The van der Waals surface area contributed by atoms with Gasteiger partial charge in [-0.1, -0.05) is 23.2 Å². The van der Waals surface area contributed by atoms with Crippen LogP contribution in [0.4, 0.5) is 5.69 Å². The van der Waals surface area contributed by atoms with Gasteiger partial charge in [0.05, 0.1) is 11.6 Å². The Labute approximate surface area is 174 Å². The number of halogens is 4. The molecular formula is C17H19Cl4N3O2. The molecule has 26 heavy (non-hydrogen) atoms. The Balaban J connectivity index is 0.00000169. The predicted octanol–water partition coefficient (Wildman–Crippen LogP) is 4.96. The highest BCUT2D eigenvalue weighted by atomic mass is 35.5. The monoisotopic (exact) mass is 437 g/mol. The zero-order valence-corrected chi connectivity index (χ0v) is 16.9. The Morgan fingerprint density at radius 2 is 1.88 bits per heavy atom. The second-order valence-corrected chi connectivity index (χ2v) is 6.53. The number of hydrogen-bond donors (Lipinski definition) is 2. The third kappa shape index (κ3) is 7.17. The maximum absolute atomic E-state index is 11.8. The van der Waals surface area contributed by atoms with Gasteiger partial charge in [0.1, 0.15) is 10.8 Å². The molecule has 1 aromatic carbocycles. The summed E-state index contributed by atoms with van der Waals surface area (Å²) in [5, 5.41) is 6.76. The molecule has 0 radical (unpaired) electrons. The van der Waals surface area contributed by atoms with E-state index in [1.54, 1.807) is 30.3 Å². The van der Waals surface area contributed by atoms with Crippen molar-refractivity contribution < 1.29 is 9.53 Å². The number of amides is 1. The first kappa shape index (κ1) is 22.8. The van der Waals surface area contributed by atoms with Gasteiger partial charge < -0.3 is 15.4 Å². The largest absolute Gasteiger partial charge is 0.438 e. The van der Waals surface area contributed by atoms with Crippen LogP contribution >= 0.6 is 48.0 Å². The minimum absolute atomic E-state index is 0. The number of nitrogens with one attached hydrogen (secondary N) is 2. The lowest BCUT2D eigenvalue weighted by atomic mass is 10.3. The van der Waals surface area contributed by atoms with E-state index >= 15 is 0 Å². The Hall–Kier alpha value is -1.24. The van der Waals surface area contributed by atoms with Crippen LogP contribution in [0.15, 0.2) is 36.5 Å². The molecule has 1 heterocycles. The molecule has 1 aromatic heterocycles. The van der Waals surface area contributed by atoms with E-state index in [0.29, 0.717) is 28.0 Å². The summed E-state index contributed by atoms with van der Waals surface area (Å²) < 4.78 is 5.60. The fourth-order valence-electron chi connectivity index (χ4n) is 2.11. The Kier molecular flexibility index (Phi) is 9.47. The molecular weight excluding hydrogens is 420 g/mol. The highest BCUT2D eigenvalue weighted by Crippen LogP contribution is 2.29. The summed E-state index contributed by atoms with van der Waals surface area (Å²) in [7, 11) is 0. The molecule has 3 rings (SSSR count). The van der Waals surface area contributed by atoms with Gasteiger partial charge in [0.15, 0.2) is 0 Å². The Morgan fingerprint density at radius 3 is 2.50 bits per heavy atom. The van der Waals surface area contributed by atoms with Gasteiger partial charge in [-0.05, 0) is 55.6 Å². The Morgan fingerprint density at radius 1 is 1.19 bits per heavy atom. The van der Waals surface area contributed by atoms with Crippen molar-refractivity contribution in [3.05, 3.63) is 46.6 Å². The summed E-state index contributed by atoms with van der Waals surface area (Å²) in [5.74, 6) is 1.54. The maximum Gasteiger partial charge on any atom is 0.238 e. The number of aromatic nitrogens is 1. The number of rotatable bonds is 7. The van der Waals surface area contributed by atoms with Crippen LogP contribution in [0.1, 0.15) is 12.8 Å². The molecule has 0 spiro atoms. The topological polar surface area (TPSA) is 63.2 Å². The van der Waals surface area contributed by atoms with Crippen molar-refractivity contribution >= 4 is 59.6 Å². The fourth-order valence-corrected chi connectivity index (χ4v) is 2.53. The van der Waals surface area contributed by atoms with Crippen molar-refractivity contribution in [1.82, 2.24) is 10.3 Å². The molecule has 1 aliphatic carbocycles. The SMILES string of the molecule is Cl.Cl.O=C(CNCC1CC1)Nc1ccc(Oc2ncc(Cl)cc2Cl)cc1. The summed E-state index contributed by atoms with van der Waals surface area (Å²) in [6.45, 7) is 1.23. The summed E-state index contributed by atoms with van der Waals surface area (Å²) >= 11 is 11.8. The van der Waals surface area contributed by atoms with Crippen molar-refractivity contribution in [2.75, 3.05) is 18.4 Å². The molecule has 2 N–H and O–H groups in total. The zero-order chi connectivity index (χ0) is 16.9. The van der Waals surface area contributed by atoms with Crippen LogP contribution in [-0.2, 0) is 4.79 Å². The summed E-state index contributed by atoms with van der Waals surface area (Å²) in [5.41, 5.74) is 0.704. The van der Waals surface area contributed by atoms with Crippen molar-refractivity contribution in [2.24, 2.45) is 5.92 Å². The quantitative estimate of drug-likeness (QED) is 0.640. The van der Waals surface area contributed by atoms with Crippen LogP contribution in [0.25, 0.3) is 0 Å². The number of benzene rings is 1. The maximum atomic E-state index is 11.8. The molecule has 0 unspecified atom stereocenters. The number of anilines is 1. The van der Waals surface area contributed by atoms with E-state index in [-0.39, 0.29) is 36.6 Å². The van der Waals surface area contributed by atoms with E-state index in [2.05, 4.69) is 15.6 Å². The van der Waals surface area contributed by atoms with Gasteiger partial charge >= 0.3 is 0 Å². The molecule has 0 bridgehead atoms. The lowest BCUT2D eigenvalue weighted by Crippen LogP contribution is -2.29. The normalized spacial score (nSPS) is 12.5. The molecule has 5 nitrogen and oxygen atoms in total. The van der Waals surface area contributed by atoms with Crippen LogP contribution in [0.5, 0.6) is 11.6 Å².